The average molecular weight is 427 g/mol. The zero-order chi connectivity index (χ0) is 21.3. The van der Waals surface area contributed by atoms with Gasteiger partial charge in [0.2, 0.25) is 10.0 Å². The van der Waals surface area contributed by atoms with Crippen molar-refractivity contribution in [3.63, 3.8) is 0 Å². The van der Waals surface area contributed by atoms with E-state index in [1.807, 2.05) is 67.9 Å². The van der Waals surface area contributed by atoms with E-state index in [-0.39, 0.29) is 5.75 Å². The van der Waals surface area contributed by atoms with Gasteiger partial charge in [-0.1, -0.05) is 30.3 Å². The summed E-state index contributed by atoms with van der Waals surface area (Å²) in [6.07, 6.45) is 0. The molecule has 3 aromatic rings. The van der Waals surface area contributed by atoms with Crippen molar-refractivity contribution in [1.82, 2.24) is 24.1 Å². The molecule has 0 unspecified atom stereocenters. The Kier molecular flexibility index (Phi) is 5.57. The maximum absolute atomic E-state index is 12.8. The van der Waals surface area contributed by atoms with Crippen molar-refractivity contribution in [3.8, 4) is 5.82 Å². The van der Waals surface area contributed by atoms with E-state index in [1.165, 1.54) is 0 Å². The predicted molar refractivity (Wildman–Crippen MR) is 116 cm³/mol. The van der Waals surface area contributed by atoms with Gasteiger partial charge in [-0.05, 0) is 32.4 Å². The average Bonchev–Trinajstić information content (AvgIpc) is 3.06. The van der Waals surface area contributed by atoms with Gasteiger partial charge in [-0.3, -0.25) is 0 Å². The highest BCUT2D eigenvalue weighted by molar-refractivity contribution is 7.88. The molecule has 1 fully saturated rings. The number of hydrogen-bond donors (Lipinski definition) is 0. The normalized spacial score (nSPS) is 15.5. The number of aryl methyl sites for hydroxylation is 3. The van der Waals surface area contributed by atoms with Gasteiger partial charge in [0, 0.05) is 37.9 Å². The first-order chi connectivity index (χ1) is 14.3. The summed E-state index contributed by atoms with van der Waals surface area (Å²) in [6.45, 7) is 7.85. The number of nitrogens with zero attached hydrogens (tertiary/aromatic N) is 6. The zero-order valence-electron chi connectivity index (χ0n) is 17.5. The maximum Gasteiger partial charge on any atom is 0.218 e. The standard InChI is InChI=1S/C21H26N6O2S/c1-16-13-17(2)27(24-16)21-14-20(22-18(3)23-21)25-9-11-26(12-10-25)30(28,29)15-19-7-5-4-6-8-19/h4-8,13-14H,9-12,15H2,1-3H3. The second kappa shape index (κ2) is 8.16. The molecule has 0 radical (unpaired) electrons. The molecule has 30 heavy (non-hydrogen) atoms. The summed E-state index contributed by atoms with van der Waals surface area (Å²) in [6, 6.07) is 13.2. The first-order valence-electron chi connectivity index (χ1n) is 9.98. The lowest BCUT2D eigenvalue weighted by Crippen LogP contribution is -2.49. The summed E-state index contributed by atoms with van der Waals surface area (Å²) in [7, 11) is -3.34. The number of hydrogen-bond acceptors (Lipinski definition) is 6. The second-order valence-corrected chi connectivity index (χ2v) is 9.57. The van der Waals surface area contributed by atoms with Crippen LogP contribution in [0.4, 0.5) is 5.82 Å². The minimum Gasteiger partial charge on any atom is -0.354 e. The molecule has 1 saturated heterocycles. The SMILES string of the molecule is Cc1cc(C)n(-c2cc(N3CCN(S(=O)(=O)Cc4ccccc4)CC3)nc(C)n2)n1. The van der Waals surface area contributed by atoms with E-state index < -0.39 is 10.0 Å². The summed E-state index contributed by atoms with van der Waals surface area (Å²) in [5.41, 5.74) is 2.75. The van der Waals surface area contributed by atoms with Gasteiger partial charge in [-0.15, -0.1) is 0 Å². The molecular formula is C21H26N6O2S. The molecule has 1 aliphatic heterocycles. The molecule has 8 nitrogen and oxygen atoms in total. The molecule has 0 spiro atoms. The molecular weight excluding hydrogens is 400 g/mol. The van der Waals surface area contributed by atoms with E-state index >= 15 is 0 Å². The summed E-state index contributed by atoms with van der Waals surface area (Å²) in [5, 5.41) is 4.51. The van der Waals surface area contributed by atoms with Gasteiger partial charge < -0.3 is 4.90 Å². The van der Waals surface area contributed by atoms with Crippen LogP contribution in [0.25, 0.3) is 5.82 Å². The van der Waals surface area contributed by atoms with Gasteiger partial charge >= 0.3 is 0 Å². The molecule has 0 N–H and O–H groups in total. The Hall–Kier alpha value is -2.78. The Bertz CT molecular complexity index is 1140. The smallest absolute Gasteiger partial charge is 0.218 e. The molecule has 0 saturated carbocycles. The maximum atomic E-state index is 12.8. The molecule has 0 bridgehead atoms. The van der Waals surface area contributed by atoms with Gasteiger partial charge in [-0.25, -0.2) is 23.1 Å². The summed E-state index contributed by atoms with van der Waals surface area (Å²) >= 11 is 0. The number of rotatable bonds is 5. The fraction of sp³-hybridized carbons (Fsp3) is 0.381. The van der Waals surface area contributed by atoms with Crippen molar-refractivity contribution in [2.75, 3.05) is 31.1 Å². The van der Waals surface area contributed by atoms with Crippen LogP contribution in [0.3, 0.4) is 0 Å². The number of benzene rings is 1. The lowest BCUT2D eigenvalue weighted by molar-refractivity contribution is 0.383. The summed E-state index contributed by atoms with van der Waals surface area (Å²) in [4.78, 5) is 11.2. The first-order valence-corrected chi connectivity index (χ1v) is 11.6. The molecule has 0 atom stereocenters. The van der Waals surface area contributed by atoms with Crippen LogP contribution in [-0.2, 0) is 15.8 Å². The highest BCUT2D eigenvalue weighted by atomic mass is 32.2. The zero-order valence-corrected chi connectivity index (χ0v) is 18.3. The van der Waals surface area contributed by atoms with Gasteiger partial charge in [0.15, 0.2) is 5.82 Å². The number of anilines is 1. The van der Waals surface area contributed by atoms with Gasteiger partial charge in [0.1, 0.15) is 11.6 Å². The number of sulfonamides is 1. The second-order valence-electron chi connectivity index (χ2n) is 7.60. The van der Waals surface area contributed by atoms with Crippen LogP contribution < -0.4 is 4.90 Å². The Labute approximate surface area is 177 Å². The molecule has 3 heterocycles. The van der Waals surface area contributed by atoms with E-state index in [1.54, 1.807) is 4.31 Å². The largest absolute Gasteiger partial charge is 0.354 e. The highest BCUT2D eigenvalue weighted by Crippen LogP contribution is 2.20. The molecule has 0 amide bonds. The quantitative estimate of drug-likeness (QED) is 0.622. The van der Waals surface area contributed by atoms with Crippen LogP contribution in [0.2, 0.25) is 0 Å². The monoisotopic (exact) mass is 426 g/mol. The first kappa shape index (κ1) is 20.5. The summed E-state index contributed by atoms with van der Waals surface area (Å²) < 4.78 is 29.0. The van der Waals surface area contributed by atoms with E-state index in [4.69, 9.17) is 0 Å². The van der Waals surface area contributed by atoms with Crippen LogP contribution in [0.15, 0.2) is 42.5 Å². The van der Waals surface area contributed by atoms with Crippen molar-refractivity contribution in [2.24, 2.45) is 0 Å². The van der Waals surface area contributed by atoms with Crippen molar-refractivity contribution < 1.29 is 8.42 Å². The fourth-order valence-corrected chi connectivity index (χ4v) is 5.26. The Balaban J connectivity index is 1.48. The van der Waals surface area contributed by atoms with E-state index in [9.17, 15) is 8.42 Å². The predicted octanol–water partition coefficient (Wildman–Crippen LogP) is 2.24. The van der Waals surface area contributed by atoms with Crippen molar-refractivity contribution in [2.45, 2.75) is 26.5 Å². The Morgan fingerprint density at radius 2 is 1.57 bits per heavy atom. The number of aromatic nitrogens is 4. The van der Waals surface area contributed by atoms with E-state index in [0.717, 1.165) is 28.6 Å². The highest BCUT2D eigenvalue weighted by Gasteiger charge is 2.28. The van der Waals surface area contributed by atoms with Gasteiger partial charge in [0.25, 0.3) is 0 Å². The van der Waals surface area contributed by atoms with Crippen molar-refractivity contribution >= 4 is 15.8 Å². The number of piperazine rings is 1. The van der Waals surface area contributed by atoms with Crippen LogP contribution in [0.1, 0.15) is 22.8 Å². The third-order valence-electron chi connectivity index (χ3n) is 5.19. The van der Waals surface area contributed by atoms with Crippen LogP contribution >= 0.6 is 0 Å². The molecule has 1 aromatic carbocycles. The lowest BCUT2D eigenvalue weighted by Gasteiger charge is -2.34. The third-order valence-corrected chi connectivity index (χ3v) is 7.04. The molecule has 1 aliphatic rings. The van der Waals surface area contributed by atoms with Crippen LogP contribution in [0, 0.1) is 20.8 Å². The van der Waals surface area contributed by atoms with Crippen LogP contribution in [-0.4, -0.2) is 58.7 Å². The fourth-order valence-electron chi connectivity index (χ4n) is 3.74. The van der Waals surface area contributed by atoms with Crippen molar-refractivity contribution in [3.05, 3.63) is 65.2 Å². The third kappa shape index (κ3) is 4.36. The minimum absolute atomic E-state index is 0.0303. The van der Waals surface area contributed by atoms with Gasteiger partial charge in [0.05, 0.1) is 11.4 Å². The van der Waals surface area contributed by atoms with E-state index in [0.29, 0.717) is 32.0 Å². The molecule has 0 aliphatic carbocycles. The Morgan fingerprint density at radius 1 is 0.900 bits per heavy atom. The Morgan fingerprint density at radius 3 is 2.20 bits per heavy atom. The van der Waals surface area contributed by atoms with Crippen molar-refractivity contribution in [1.29, 1.82) is 0 Å². The molecule has 158 valence electrons. The molecule has 2 aromatic heterocycles. The lowest BCUT2D eigenvalue weighted by atomic mass is 10.2. The molecule has 4 rings (SSSR count). The van der Waals surface area contributed by atoms with E-state index in [2.05, 4.69) is 20.0 Å². The van der Waals surface area contributed by atoms with Gasteiger partial charge in [-0.2, -0.15) is 9.40 Å². The summed E-state index contributed by atoms with van der Waals surface area (Å²) in [5.74, 6) is 2.21. The molecule has 9 heteroatoms. The van der Waals surface area contributed by atoms with Crippen LogP contribution in [0.5, 0.6) is 0 Å². The minimum atomic E-state index is -3.34. The topological polar surface area (TPSA) is 84.2 Å².